The summed E-state index contributed by atoms with van der Waals surface area (Å²) in [6.45, 7) is 0. The number of hydrogen-bond acceptors (Lipinski definition) is 6. The smallest absolute Gasteiger partial charge is 0.281 e. The van der Waals surface area contributed by atoms with Gasteiger partial charge in [0.2, 0.25) is 11.8 Å². The van der Waals surface area contributed by atoms with Gasteiger partial charge in [0, 0.05) is 23.0 Å². The largest absolute Gasteiger partial charge is 0.368 e. The molecule has 4 aromatic rings. The molecule has 8 nitrogen and oxygen atoms in total. The molecule has 0 bridgehead atoms. The number of anilines is 2. The van der Waals surface area contributed by atoms with E-state index in [9.17, 15) is 9.59 Å². The Balaban J connectivity index is 1.33. The zero-order chi connectivity index (χ0) is 22.8. The van der Waals surface area contributed by atoms with Crippen LogP contribution in [0.4, 0.5) is 11.6 Å². The molecular weight excluding hydrogens is 416 g/mol. The third kappa shape index (κ3) is 4.10. The molecule has 8 heteroatoms. The Kier molecular flexibility index (Phi) is 5.40. The molecule has 0 saturated carbocycles. The predicted molar refractivity (Wildman–Crippen MR) is 125 cm³/mol. The van der Waals surface area contributed by atoms with E-state index in [0.717, 1.165) is 35.9 Å². The van der Waals surface area contributed by atoms with Crippen LogP contribution >= 0.6 is 0 Å². The Morgan fingerprint density at radius 3 is 2.55 bits per heavy atom. The summed E-state index contributed by atoms with van der Waals surface area (Å²) < 4.78 is 1.05. The highest BCUT2D eigenvalue weighted by atomic mass is 16.2. The minimum Gasteiger partial charge on any atom is -0.368 e. The van der Waals surface area contributed by atoms with E-state index in [1.165, 1.54) is 5.56 Å². The molecule has 164 valence electrons. The van der Waals surface area contributed by atoms with Gasteiger partial charge < -0.3 is 11.1 Å². The molecule has 0 unspecified atom stereocenters. The molecule has 2 aromatic carbocycles. The Bertz CT molecular complexity index is 1330. The minimum atomic E-state index is -0.419. The molecule has 0 radical (unpaired) electrons. The SMILES string of the molecule is Nc1nc(-c2ccccn2)nn1C(=O)c1ccc(NC(=O)c2cccc3c2CCCC3)cc1. The fourth-order valence-electron chi connectivity index (χ4n) is 4.09. The van der Waals surface area contributed by atoms with Crippen molar-refractivity contribution in [3.63, 3.8) is 0 Å². The molecule has 0 aliphatic heterocycles. The Morgan fingerprint density at radius 2 is 1.76 bits per heavy atom. The first-order valence-corrected chi connectivity index (χ1v) is 10.8. The number of rotatable bonds is 4. The molecule has 5 rings (SSSR count). The summed E-state index contributed by atoms with van der Waals surface area (Å²) in [5.74, 6) is -0.311. The van der Waals surface area contributed by atoms with Gasteiger partial charge in [-0.2, -0.15) is 9.67 Å². The van der Waals surface area contributed by atoms with Crippen LogP contribution in [-0.4, -0.2) is 31.6 Å². The number of aryl methyl sites for hydroxylation is 1. The van der Waals surface area contributed by atoms with Crippen molar-refractivity contribution in [2.75, 3.05) is 11.1 Å². The van der Waals surface area contributed by atoms with Crippen LogP contribution in [0.1, 0.15) is 44.7 Å². The number of hydrogen-bond donors (Lipinski definition) is 2. The number of benzene rings is 2. The van der Waals surface area contributed by atoms with Crippen molar-refractivity contribution >= 4 is 23.5 Å². The quantitative estimate of drug-likeness (QED) is 0.501. The van der Waals surface area contributed by atoms with Gasteiger partial charge >= 0.3 is 0 Å². The van der Waals surface area contributed by atoms with E-state index in [2.05, 4.69) is 26.4 Å². The molecule has 3 N–H and O–H groups in total. The van der Waals surface area contributed by atoms with Crippen LogP contribution in [0.5, 0.6) is 0 Å². The summed E-state index contributed by atoms with van der Waals surface area (Å²) in [5.41, 5.74) is 10.5. The lowest BCUT2D eigenvalue weighted by Crippen LogP contribution is -2.18. The summed E-state index contributed by atoms with van der Waals surface area (Å²) in [6, 6.07) is 17.8. The van der Waals surface area contributed by atoms with E-state index in [4.69, 9.17) is 5.73 Å². The van der Waals surface area contributed by atoms with Crippen LogP contribution in [0.25, 0.3) is 11.5 Å². The van der Waals surface area contributed by atoms with Gasteiger partial charge in [0.15, 0.2) is 0 Å². The Labute approximate surface area is 190 Å². The second-order valence-corrected chi connectivity index (χ2v) is 7.91. The molecule has 0 fully saturated rings. The molecule has 1 aliphatic carbocycles. The number of aromatic nitrogens is 4. The molecule has 2 heterocycles. The van der Waals surface area contributed by atoms with Gasteiger partial charge in [0.05, 0.1) is 0 Å². The fourth-order valence-corrected chi connectivity index (χ4v) is 4.09. The highest BCUT2D eigenvalue weighted by Gasteiger charge is 2.19. The second kappa shape index (κ2) is 8.66. The third-order valence-corrected chi connectivity index (χ3v) is 5.75. The number of carbonyl (C=O) groups is 2. The van der Waals surface area contributed by atoms with Crippen molar-refractivity contribution in [2.45, 2.75) is 25.7 Å². The van der Waals surface area contributed by atoms with E-state index < -0.39 is 5.91 Å². The predicted octanol–water partition coefficient (Wildman–Crippen LogP) is 3.74. The highest BCUT2D eigenvalue weighted by molar-refractivity contribution is 6.06. The van der Waals surface area contributed by atoms with Gasteiger partial charge in [-0.25, -0.2) is 0 Å². The second-order valence-electron chi connectivity index (χ2n) is 7.91. The monoisotopic (exact) mass is 438 g/mol. The molecule has 2 aromatic heterocycles. The summed E-state index contributed by atoms with van der Waals surface area (Å²) in [7, 11) is 0. The maximum Gasteiger partial charge on any atom is 0.281 e. The number of nitrogen functional groups attached to an aromatic ring is 1. The number of carbonyl (C=O) groups excluding carboxylic acids is 2. The lowest BCUT2D eigenvalue weighted by atomic mass is 9.88. The highest BCUT2D eigenvalue weighted by Crippen LogP contribution is 2.25. The molecule has 33 heavy (non-hydrogen) atoms. The van der Waals surface area contributed by atoms with Crippen molar-refractivity contribution in [2.24, 2.45) is 0 Å². The summed E-state index contributed by atoms with van der Waals surface area (Å²) in [4.78, 5) is 34.1. The average Bonchev–Trinajstić information content (AvgIpc) is 3.25. The Hall–Kier alpha value is -4.33. The standard InChI is InChI=1S/C25H22N6O2/c26-25-29-22(21-10-3-4-15-27-21)30-31(25)24(33)17-11-13-18(14-12-17)28-23(32)20-9-5-7-16-6-1-2-8-19(16)20/h3-5,7,9-15H,1-2,6,8H2,(H,28,32)(H2,26,29,30). The van der Waals surface area contributed by atoms with E-state index >= 15 is 0 Å². The normalized spacial score (nSPS) is 12.7. The molecule has 0 saturated heterocycles. The summed E-state index contributed by atoms with van der Waals surface area (Å²) >= 11 is 0. The van der Waals surface area contributed by atoms with E-state index in [-0.39, 0.29) is 17.7 Å². The van der Waals surface area contributed by atoms with Crippen molar-refractivity contribution in [1.29, 1.82) is 0 Å². The average molecular weight is 438 g/mol. The number of fused-ring (bicyclic) bond motifs is 1. The van der Waals surface area contributed by atoms with E-state index in [0.29, 0.717) is 22.5 Å². The number of amides is 1. The maximum absolute atomic E-state index is 12.9. The first kappa shape index (κ1) is 20.6. The van der Waals surface area contributed by atoms with Crippen LogP contribution in [0, 0.1) is 0 Å². The van der Waals surface area contributed by atoms with Crippen molar-refractivity contribution < 1.29 is 9.59 Å². The molecule has 0 atom stereocenters. The summed E-state index contributed by atoms with van der Waals surface area (Å²) in [5, 5.41) is 7.14. The molecule has 1 amide bonds. The van der Waals surface area contributed by atoms with Crippen LogP contribution < -0.4 is 11.1 Å². The van der Waals surface area contributed by atoms with E-state index in [1.807, 2.05) is 12.1 Å². The van der Waals surface area contributed by atoms with Gasteiger partial charge in [0.25, 0.3) is 11.8 Å². The first-order chi connectivity index (χ1) is 16.1. The van der Waals surface area contributed by atoms with E-state index in [1.54, 1.807) is 48.7 Å². The first-order valence-electron chi connectivity index (χ1n) is 10.8. The van der Waals surface area contributed by atoms with Gasteiger partial charge in [-0.1, -0.05) is 18.2 Å². The van der Waals surface area contributed by atoms with Gasteiger partial charge in [-0.05, 0) is 79.3 Å². The zero-order valence-electron chi connectivity index (χ0n) is 17.9. The van der Waals surface area contributed by atoms with Crippen molar-refractivity contribution in [3.05, 3.63) is 89.1 Å². The minimum absolute atomic E-state index is 0.0214. The zero-order valence-corrected chi connectivity index (χ0v) is 17.9. The van der Waals surface area contributed by atoms with Crippen LogP contribution in [0.15, 0.2) is 66.9 Å². The van der Waals surface area contributed by atoms with Crippen LogP contribution in [0.2, 0.25) is 0 Å². The number of pyridine rings is 1. The Morgan fingerprint density at radius 1 is 0.939 bits per heavy atom. The van der Waals surface area contributed by atoms with Gasteiger partial charge in [-0.15, -0.1) is 5.10 Å². The molecule has 0 spiro atoms. The third-order valence-electron chi connectivity index (χ3n) is 5.75. The van der Waals surface area contributed by atoms with Crippen LogP contribution in [0.3, 0.4) is 0 Å². The fraction of sp³-hybridized carbons (Fsp3) is 0.160. The summed E-state index contributed by atoms with van der Waals surface area (Å²) in [6.07, 6.45) is 5.81. The van der Waals surface area contributed by atoms with Crippen molar-refractivity contribution in [3.8, 4) is 11.5 Å². The van der Waals surface area contributed by atoms with Gasteiger partial charge in [0.1, 0.15) is 5.69 Å². The number of nitrogens with one attached hydrogen (secondary N) is 1. The lowest BCUT2D eigenvalue weighted by molar-refractivity contribution is 0.0947. The lowest BCUT2D eigenvalue weighted by Gasteiger charge is -2.19. The van der Waals surface area contributed by atoms with Crippen LogP contribution in [-0.2, 0) is 12.8 Å². The van der Waals surface area contributed by atoms with Gasteiger partial charge in [-0.3, -0.25) is 14.6 Å². The number of nitrogens with two attached hydrogens (primary N) is 1. The topological polar surface area (TPSA) is 116 Å². The maximum atomic E-state index is 12.9. The number of nitrogens with zero attached hydrogens (tertiary/aromatic N) is 4. The van der Waals surface area contributed by atoms with Crippen molar-refractivity contribution in [1.82, 2.24) is 19.7 Å². The molecule has 1 aliphatic rings. The molecular formula is C25H22N6O2.